The van der Waals surface area contributed by atoms with Crippen molar-refractivity contribution in [1.29, 1.82) is 0 Å². The molecule has 0 spiro atoms. The zero-order valence-electron chi connectivity index (χ0n) is 16.5. The highest BCUT2D eigenvalue weighted by Gasteiger charge is 2.16. The Morgan fingerprint density at radius 1 is 1.04 bits per heavy atom. The van der Waals surface area contributed by atoms with Gasteiger partial charge in [0.05, 0.1) is 20.8 Å². The Hall–Kier alpha value is -3.02. The highest BCUT2D eigenvalue weighted by atomic mass is 16.5. The largest absolute Gasteiger partial charge is 0.493 e. The molecule has 27 heavy (non-hydrogen) atoms. The van der Waals surface area contributed by atoms with Crippen LogP contribution in [0.1, 0.15) is 27.0 Å². The quantitative estimate of drug-likeness (QED) is 0.814. The number of aryl methyl sites for hydroxylation is 2. The normalized spacial score (nSPS) is 10.3. The summed E-state index contributed by atoms with van der Waals surface area (Å²) < 4.78 is 10.7. The first-order valence-corrected chi connectivity index (χ1v) is 8.66. The number of hydrogen-bond donors (Lipinski definition) is 1. The van der Waals surface area contributed by atoms with Crippen molar-refractivity contribution in [2.24, 2.45) is 0 Å². The molecule has 0 aromatic heterocycles. The van der Waals surface area contributed by atoms with Gasteiger partial charge in [-0.05, 0) is 43.2 Å². The number of para-hydroxylation sites is 1. The van der Waals surface area contributed by atoms with E-state index in [4.69, 9.17) is 9.47 Å². The third kappa shape index (κ3) is 5.00. The van der Waals surface area contributed by atoms with Gasteiger partial charge in [-0.1, -0.05) is 18.2 Å². The van der Waals surface area contributed by atoms with Crippen molar-refractivity contribution in [1.82, 2.24) is 10.2 Å². The number of carbonyl (C=O) groups excluding carboxylic acids is 2. The molecule has 6 heteroatoms. The second-order valence-electron chi connectivity index (χ2n) is 6.38. The molecule has 0 atom stereocenters. The molecule has 0 unspecified atom stereocenters. The van der Waals surface area contributed by atoms with E-state index in [9.17, 15) is 9.59 Å². The first-order valence-electron chi connectivity index (χ1n) is 8.66. The topological polar surface area (TPSA) is 67.9 Å². The molecule has 0 fully saturated rings. The van der Waals surface area contributed by atoms with Crippen LogP contribution in [0.25, 0.3) is 0 Å². The highest BCUT2D eigenvalue weighted by Crippen LogP contribution is 2.31. The van der Waals surface area contributed by atoms with Crippen LogP contribution < -0.4 is 14.8 Å². The van der Waals surface area contributed by atoms with Crippen LogP contribution in [0, 0.1) is 13.8 Å². The summed E-state index contributed by atoms with van der Waals surface area (Å²) in [5.41, 5.74) is 3.53. The summed E-state index contributed by atoms with van der Waals surface area (Å²) >= 11 is 0. The van der Waals surface area contributed by atoms with Crippen LogP contribution in [0.4, 0.5) is 0 Å². The van der Waals surface area contributed by atoms with E-state index in [2.05, 4.69) is 5.32 Å². The van der Waals surface area contributed by atoms with E-state index in [0.717, 1.165) is 16.7 Å². The first kappa shape index (κ1) is 20.3. The predicted octanol–water partition coefficient (Wildman–Crippen LogP) is 2.71. The number of likely N-dealkylation sites (N-methyl/N-ethyl adjacent to an activating group) is 1. The number of carbonyl (C=O) groups is 2. The van der Waals surface area contributed by atoms with Crippen LogP contribution in [0.2, 0.25) is 0 Å². The third-order valence-electron chi connectivity index (χ3n) is 4.49. The van der Waals surface area contributed by atoms with E-state index < -0.39 is 0 Å². The zero-order valence-corrected chi connectivity index (χ0v) is 16.5. The van der Waals surface area contributed by atoms with Crippen molar-refractivity contribution in [3.63, 3.8) is 0 Å². The number of hydrogen-bond acceptors (Lipinski definition) is 4. The van der Waals surface area contributed by atoms with Crippen LogP contribution in [0.15, 0.2) is 36.4 Å². The minimum atomic E-state index is -0.265. The van der Waals surface area contributed by atoms with Gasteiger partial charge in [0.2, 0.25) is 5.91 Å². The van der Waals surface area contributed by atoms with Gasteiger partial charge in [0.15, 0.2) is 11.5 Å². The summed E-state index contributed by atoms with van der Waals surface area (Å²) in [6.45, 7) is 4.21. The minimum absolute atomic E-state index is 0.0749. The van der Waals surface area contributed by atoms with Crippen LogP contribution in [0.5, 0.6) is 11.5 Å². The van der Waals surface area contributed by atoms with Gasteiger partial charge in [-0.25, -0.2) is 0 Å². The maximum Gasteiger partial charge on any atom is 0.251 e. The molecule has 0 aliphatic heterocycles. The Morgan fingerprint density at radius 3 is 2.41 bits per heavy atom. The van der Waals surface area contributed by atoms with Gasteiger partial charge in [-0.2, -0.15) is 0 Å². The molecule has 0 aliphatic carbocycles. The van der Waals surface area contributed by atoms with E-state index in [1.165, 1.54) is 4.90 Å². The molecule has 0 aliphatic rings. The second-order valence-corrected chi connectivity index (χ2v) is 6.38. The standard InChI is InChI=1S/C21H26N2O4/c1-14-9-10-16(11-15(14)2)21(25)22-12-19(24)23(3)13-17-7-6-8-18(26-4)20(17)27-5/h6-11H,12-13H2,1-5H3,(H,22,25). The molecule has 2 rings (SSSR count). The average molecular weight is 370 g/mol. The Labute approximate surface area is 160 Å². The smallest absolute Gasteiger partial charge is 0.251 e. The van der Waals surface area contributed by atoms with Crippen LogP contribution >= 0.6 is 0 Å². The molecule has 1 N–H and O–H groups in total. The fourth-order valence-corrected chi connectivity index (χ4v) is 2.70. The summed E-state index contributed by atoms with van der Waals surface area (Å²) in [6.07, 6.45) is 0. The number of benzene rings is 2. The third-order valence-corrected chi connectivity index (χ3v) is 4.49. The predicted molar refractivity (Wildman–Crippen MR) is 104 cm³/mol. The number of rotatable bonds is 7. The molecule has 6 nitrogen and oxygen atoms in total. The molecule has 0 saturated heterocycles. The van der Waals surface area contributed by atoms with Crippen molar-refractivity contribution in [3.05, 3.63) is 58.7 Å². The van der Waals surface area contributed by atoms with Gasteiger partial charge < -0.3 is 19.7 Å². The average Bonchev–Trinajstić information content (AvgIpc) is 2.67. The molecule has 2 amide bonds. The summed E-state index contributed by atoms with van der Waals surface area (Å²) in [7, 11) is 4.81. The number of nitrogens with one attached hydrogen (secondary N) is 1. The second kappa shape index (κ2) is 9.07. The van der Waals surface area contributed by atoms with Gasteiger partial charge in [-0.3, -0.25) is 9.59 Å². The Morgan fingerprint density at radius 2 is 1.78 bits per heavy atom. The summed E-state index contributed by atoms with van der Waals surface area (Å²) in [5, 5.41) is 2.68. The molecule has 0 radical (unpaired) electrons. The maximum absolute atomic E-state index is 12.4. The fourth-order valence-electron chi connectivity index (χ4n) is 2.70. The van der Waals surface area contributed by atoms with E-state index in [1.54, 1.807) is 33.4 Å². The number of methoxy groups -OCH3 is 2. The van der Waals surface area contributed by atoms with Crippen molar-refractivity contribution < 1.29 is 19.1 Å². The molecule has 2 aromatic rings. The molecule has 0 bridgehead atoms. The summed E-state index contributed by atoms with van der Waals surface area (Å²) in [5.74, 6) is 0.744. The summed E-state index contributed by atoms with van der Waals surface area (Å²) in [4.78, 5) is 26.2. The van der Waals surface area contributed by atoms with Gasteiger partial charge >= 0.3 is 0 Å². The maximum atomic E-state index is 12.4. The Bertz CT molecular complexity index is 833. The summed E-state index contributed by atoms with van der Waals surface area (Å²) in [6, 6.07) is 11.0. The van der Waals surface area contributed by atoms with Gasteiger partial charge in [0.25, 0.3) is 5.91 Å². The lowest BCUT2D eigenvalue weighted by Gasteiger charge is -2.20. The van der Waals surface area contributed by atoms with Crippen molar-refractivity contribution in [3.8, 4) is 11.5 Å². The van der Waals surface area contributed by atoms with Gasteiger partial charge in [0, 0.05) is 24.7 Å². The molecular weight excluding hydrogens is 344 g/mol. The van der Waals surface area contributed by atoms with E-state index in [-0.39, 0.29) is 18.4 Å². The van der Waals surface area contributed by atoms with Crippen LogP contribution in [0.3, 0.4) is 0 Å². The fraction of sp³-hybridized carbons (Fsp3) is 0.333. The SMILES string of the molecule is COc1cccc(CN(C)C(=O)CNC(=O)c2ccc(C)c(C)c2)c1OC. The molecule has 0 saturated carbocycles. The van der Waals surface area contributed by atoms with Gasteiger partial charge in [0.1, 0.15) is 0 Å². The molecule has 144 valence electrons. The molecular formula is C21H26N2O4. The first-order chi connectivity index (χ1) is 12.9. The van der Waals surface area contributed by atoms with E-state index in [1.807, 2.05) is 38.1 Å². The van der Waals surface area contributed by atoms with Crippen molar-refractivity contribution in [2.45, 2.75) is 20.4 Å². The lowest BCUT2D eigenvalue weighted by atomic mass is 10.1. The Balaban J connectivity index is 1.98. The van der Waals surface area contributed by atoms with E-state index in [0.29, 0.717) is 23.6 Å². The monoisotopic (exact) mass is 370 g/mol. The van der Waals surface area contributed by atoms with Crippen LogP contribution in [-0.4, -0.2) is 44.5 Å². The number of amides is 2. The zero-order chi connectivity index (χ0) is 20.0. The van der Waals surface area contributed by atoms with E-state index >= 15 is 0 Å². The molecule has 0 heterocycles. The highest BCUT2D eigenvalue weighted by molar-refractivity contribution is 5.96. The molecule has 2 aromatic carbocycles. The lowest BCUT2D eigenvalue weighted by molar-refractivity contribution is -0.129. The Kier molecular flexibility index (Phi) is 6.82. The number of nitrogens with zero attached hydrogens (tertiary/aromatic N) is 1. The van der Waals surface area contributed by atoms with Crippen LogP contribution in [-0.2, 0) is 11.3 Å². The minimum Gasteiger partial charge on any atom is -0.493 e. The van der Waals surface area contributed by atoms with Crippen molar-refractivity contribution >= 4 is 11.8 Å². The van der Waals surface area contributed by atoms with Crippen molar-refractivity contribution in [2.75, 3.05) is 27.8 Å². The van der Waals surface area contributed by atoms with Gasteiger partial charge in [-0.15, -0.1) is 0 Å². The lowest BCUT2D eigenvalue weighted by Crippen LogP contribution is -2.37. The number of ether oxygens (including phenoxy) is 2.